The Labute approximate surface area is 91.1 Å². The van der Waals surface area contributed by atoms with Gasteiger partial charge < -0.3 is 15.2 Å². The normalized spacial score (nSPS) is 12.5. The summed E-state index contributed by atoms with van der Waals surface area (Å²) in [7, 11) is 1.68. The molecular formula is C12H20NO2+. The van der Waals surface area contributed by atoms with E-state index < -0.39 is 0 Å². The monoisotopic (exact) mass is 210 g/mol. The van der Waals surface area contributed by atoms with Crippen LogP contribution in [-0.4, -0.2) is 24.9 Å². The second-order valence-electron chi connectivity index (χ2n) is 3.60. The van der Waals surface area contributed by atoms with Crippen LogP contribution < -0.4 is 10.1 Å². The first-order valence-electron chi connectivity index (χ1n) is 5.37. The zero-order valence-corrected chi connectivity index (χ0v) is 9.44. The van der Waals surface area contributed by atoms with Crippen molar-refractivity contribution in [3.05, 3.63) is 29.8 Å². The van der Waals surface area contributed by atoms with E-state index >= 15 is 0 Å². The second-order valence-corrected chi connectivity index (χ2v) is 3.60. The molecule has 0 radical (unpaired) electrons. The van der Waals surface area contributed by atoms with E-state index in [0.29, 0.717) is 0 Å². The number of methoxy groups -OCH3 is 1. The maximum atomic E-state index is 9.07. The van der Waals surface area contributed by atoms with Gasteiger partial charge in [0.05, 0.1) is 13.7 Å². The first-order chi connectivity index (χ1) is 7.31. The zero-order chi connectivity index (χ0) is 11.1. The largest absolute Gasteiger partial charge is 0.496 e. The Bertz CT molecular complexity index is 285. The molecule has 1 aromatic carbocycles. The van der Waals surface area contributed by atoms with Crippen LogP contribution >= 0.6 is 0 Å². The number of benzene rings is 1. The van der Waals surface area contributed by atoms with Crippen LogP contribution in [0.3, 0.4) is 0 Å². The van der Waals surface area contributed by atoms with Gasteiger partial charge in [-0.05, 0) is 18.6 Å². The highest BCUT2D eigenvalue weighted by molar-refractivity contribution is 5.32. The van der Waals surface area contributed by atoms with E-state index in [1.807, 2.05) is 18.2 Å². The van der Waals surface area contributed by atoms with Gasteiger partial charge in [-0.15, -0.1) is 0 Å². The molecule has 0 aliphatic carbocycles. The Morgan fingerprint density at radius 1 is 1.40 bits per heavy atom. The Morgan fingerprint density at radius 2 is 2.13 bits per heavy atom. The number of ether oxygens (including phenoxy) is 1. The molecule has 3 heteroatoms. The highest BCUT2D eigenvalue weighted by Gasteiger charge is 2.09. The van der Waals surface area contributed by atoms with E-state index in [9.17, 15) is 0 Å². The molecule has 0 aliphatic rings. The minimum atomic E-state index is 0.228. The van der Waals surface area contributed by atoms with E-state index in [1.165, 1.54) is 5.56 Å². The lowest BCUT2D eigenvalue weighted by Crippen LogP contribution is -2.89. The van der Waals surface area contributed by atoms with Crippen molar-refractivity contribution in [3.63, 3.8) is 0 Å². The van der Waals surface area contributed by atoms with Crippen LogP contribution in [0.1, 0.15) is 18.9 Å². The summed E-state index contributed by atoms with van der Waals surface area (Å²) in [5.41, 5.74) is 1.17. The summed E-state index contributed by atoms with van der Waals surface area (Å²) in [5.74, 6) is 0.918. The summed E-state index contributed by atoms with van der Waals surface area (Å²) in [5, 5.41) is 11.2. The van der Waals surface area contributed by atoms with E-state index in [4.69, 9.17) is 9.84 Å². The summed E-state index contributed by atoms with van der Waals surface area (Å²) in [6.45, 7) is 3.16. The summed E-state index contributed by atoms with van der Waals surface area (Å²) >= 11 is 0. The third kappa shape index (κ3) is 3.53. The van der Waals surface area contributed by atoms with Gasteiger partial charge in [-0.3, -0.25) is 0 Å². The quantitative estimate of drug-likeness (QED) is 0.719. The van der Waals surface area contributed by atoms with E-state index in [0.717, 1.165) is 18.7 Å². The van der Waals surface area contributed by atoms with Crippen molar-refractivity contribution in [2.45, 2.75) is 25.9 Å². The average Bonchev–Trinajstić information content (AvgIpc) is 2.31. The van der Waals surface area contributed by atoms with Crippen LogP contribution in [-0.2, 0) is 6.54 Å². The van der Waals surface area contributed by atoms with Crippen molar-refractivity contribution >= 4 is 0 Å². The molecule has 3 N–H and O–H groups in total. The van der Waals surface area contributed by atoms with Gasteiger partial charge in [0.1, 0.15) is 18.3 Å². The van der Waals surface area contributed by atoms with Crippen LogP contribution in [0.5, 0.6) is 5.75 Å². The Hall–Kier alpha value is -1.06. The predicted molar refractivity (Wildman–Crippen MR) is 59.8 cm³/mol. The fraction of sp³-hybridized carbons (Fsp3) is 0.500. The van der Waals surface area contributed by atoms with Crippen molar-refractivity contribution in [1.82, 2.24) is 0 Å². The van der Waals surface area contributed by atoms with E-state index in [-0.39, 0.29) is 12.6 Å². The van der Waals surface area contributed by atoms with Crippen molar-refractivity contribution in [2.75, 3.05) is 13.7 Å². The van der Waals surface area contributed by atoms with Gasteiger partial charge in [0.15, 0.2) is 0 Å². The van der Waals surface area contributed by atoms with Crippen molar-refractivity contribution in [3.8, 4) is 5.75 Å². The van der Waals surface area contributed by atoms with Crippen LogP contribution in [0.15, 0.2) is 24.3 Å². The lowest BCUT2D eigenvalue weighted by molar-refractivity contribution is -0.706. The molecule has 0 amide bonds. The van der Waals surface area contributed by atoms with Crippen LogP contribution in [0, 0.1) is 0 Å². The first kappa shape index (κ1) is 12.0. The summed E-state index contributed by atoms with van der Waals surface area (Å²) in [4.78, 5) is 0. The summed E-state index contributed by atoms with van der Waals surface area (Å²) < 4.78 is 5.26. The maximum absolute atomic E-state index is 9.07. The molecule has 1 rings (SSSR count). The van der Waals surface area contributed by atoms with E-state index in [2.05, 4.69) is 18.3 Å². The zero-order valence-electron chi connectivity index (χ0n) is 9.44. The molecule has 0 saturated heterocycles. The van der Waals surface area contributed by atoms with Gasteiger partial charge in [0, 0.05) is 5.56 Å². The molecule has 0 fully saturated rings. The maximum Gasteiger partial charge on any atom is 0.127 e. The molecule has 0 aromatic heterocycles. The summed E-state index contributed by atoms with van der Waals surface area (Å²) in [6.07, 6.45) is 0.978. The average molecular weight is 210 g/mol. The topological polar surface area (TPSA) is 46.1 Å². The fourth-order valence-electron chi connectivity index (χ4n) is 1.54. The number of hydrogen-bond donors (Lipinski definition) is 2. The molecule has 84 valence electrons. The van der Waals surface area contributed by atoms with Gasteiger partial charge in [0.2, 0.25) is 0 Å². The van der Waals surface area contributed by atoms with Gasteiger partial charge >= 0.3 is 0 Å². The van der Waals surface area contributed by atoms with Gasteiger partial charge in [-0.2, -0.15) is 0 Å². The minimum Gasteiger partial charge on any atom is -0.496 e. The summed E-state index contributed by atoms with van der Waals surface area (Å²) in [6, 6.07) is 8.27. The predicted octanol–water partition coefficient (Wildman–Crippen LogP) is 0.529. The van der Waals surface area contributed by atoms with E-state index in [1.54, 1.807) is 7.11 Å². The number of quaternary nitrogens is 1. The van der Waals surface area contributed by atoms with Gasteiger partial charge in [-0.25, -0.2) is 0 Å². The number of hydrogen-bond acceptors (Lipinski definition) is 2. The highest BCUT2D eigenvalue weighted by atomic mass is 16.5. The molecular weight excluding hydrogens is 190 g/mol. The molecule has 1 aromatic rings. The first-order valence-corrected chi connectivity index (χ1v) is 5.37. The number of rotatable bonds is 6. The number of nitrogens with two attached hydrogens (primary N) is 1. The van der Waals surface area contributed by atoms with Crippen LogP contribution in [0.4, 0.5) is 0 Å². The third-order valence-corrected chi connectivity index (χ3v) is 2.62. The SMILES string of the molecule is CC[C@H](CO)[NH2+]Cc1ccccc1OC. The van der Waals surface area contributed by atoms with Crippen molar-refractivity contribution in [2.24, 2.45) is 0 Å². The minimum absolute atomic E-state index is 0.228. The molecule has 0 aliphatic heterocycles. The molecule has 15 heavy (non-hydrogen) atoms. The molecule has 0 bridgehead atoms. The van der Waals surface area contributed by atoms with Crippen LogP contribution in [0.2, 0.25) is 0 Å². The number of para-hydroxylation sites is 1. The lowest BCUT2D eigenvalue weighted by atomic mass is 10.1. The molecule has 3 nitrogen and oxygen atoms in total. The highest BCUT2D eigenvalue weighted by Crippen LogP contribution is 2.15. The Morgan fingerprint density at radius 3 is 2.73 bits per heavy atom. The standard InChI is InChI=1S/C12H19NO2/c1-3-11(9-14)13-8-10-6-4-5-7-12(10)15-2/h4-7,11,13-14H,3,8-9H2,1-2H3/p+1/t11-/m1/s1. The molecule has 1 atom stereocenters. The third-order valence-electron chi connectivity index (χ3n) is 2.62. The second kappa shape index (κ2) is 6.43. The van der Waals surface area contributed by atoms with Crippen molar-refractivity contribution in [1.29, 1.82) is 0 Å². The fourth-order valence-corrected chi connectivity index (χ4v) is 1.54. The Balaban J connectivity index is 2.56. The number of aliphatic hydroxyl groups excluding tert-OH is 1. The van der Waals surface area contributed by atoms with Crippen molar-refractivity contribution < 1.29 is 15.2 Å². The van der Waals surface area contributed by atoms with Gasteiger partial charge in [0.25, 0.3) is 0 Å². The smallest absolute Gasteiger partial charge is 0.127 e. The molecule has 0 saturated carbocycles. The van der Waals surface area contributed by atoms with Gasteiger partial charge in [-0.1, -0.05) is 19.1 Å². The molecule has 0 heterocycles. The molecule has 0 unspecified atom stereocenters. The number of aliphatic hydroxyl groups is 1. The Kier molecular flexibility index (Phi) is 5.15. The molecule has 0 spiro atoms. The van der Waals surface area contributed by atoms with Crippen LogP contribution in [0.25, 0.3) is 0 Å². The lowest BCUT2D eigenvalue weighted by Gasteiger charge is -2.12.